The number of nitrogens with zero attached hydrogens (tertiary/aromatic N) is 1. The number of nitrogens with one attached hydrogen (secondary N) is 1. The highest BCUT2D eigenvalue weighted by Gasteiger charge is 2.36. The lowest BCUT2D eigenvalue weighted by Gasteiger charge is -2.30. The Bertz CT molecular complexity index is 1040. The largest absolute Gasteiger partial charge is 0.482 e. The summed E-state index contributed by atoms with van der Waals surface area (Å²) in [4.78, 5) is 39.6. The van der Waals surface area contributed by atoms with Crippen molar-refractivity contribution in [1.82, 2.24) is 4.90 Å². The van der Waals surface area contributed by atoms with Crippen LogP contribution < -0.4 is 20.5 Å². The molecule has 3 heterocycles. The number of para-hydroxylation sites is 2. The van der Waals surface area contributed by atoms with Gasteiger partial charge in [-0.1, -0.05) is 12.1 Å². The van der Waals surface area contributed by atoms with E-state index >= 15 is 0 Å². The second-order valence-corrected chi connectivity index (χ2v) is 8.35. The van der Waals surface area contributed by atoms with Gasteiger partial charge in [-0.3, -0.25) is 9.59 Å². The van der Waals surface area contributed by atoms with E-state index in [1.165, 1.54) is 11.3 Å². The summed E-state index contributed by atoms with van der Waals surface area (Å²) < 4.78 is 16.7. The fourth-order valence-corrected chi connectivity index (χ4v) is 4.98. The zero-order valence-corrected chi connectivity index (χ0v) is 18.0. The number of carbonyl (C=O) groups excluding carboxylic acids is 3. The molecule has 3 N–H and O–H groups in total. The molecule has 0 fully saturated rings. The average molecular weight is 445 g/mol. The Hall–Kier alpha value is -3.27. The second-order valence-electron chi connectivity index (χ2n) is 7.24. The summed E-state index contributed by atoms with van der Waals surface area (Å²) in [6.45, 7) is 4.47. The maximum absolute atomic E-state index is 13.0. The van der Waals surface area contributed by atoms with E-state index in [0.29, 0.717) is 36.0 Å². The molecule has 2 atom stereocenters. The van der Waals surface area contributed by atoms with Crippen molar-refractivity contribution in [3.63, 3.8) is 0 Å². The van der Waals surface area contributed by atoms with Crippen molar-refractivity contribution in [1.29, 1.82) is 0 Å². The minimum atomic E-state index is -0.897. The predicted octanol–water partition coefficient (Wildman–Crippen LogP) is 2.53. The molecular weight excluding hydrogens is 422 g/mol. The first kappa shape index (κ1) is 21.0. The Morgan fingerprint density at radius 1 is 1.26 bits per heavy atom. The van der Waals surface area contributed by atoms with Crippen LogP contribution in [0.5, 0.6) is 11.5 Å². The first-order chi connectivity index (χ1) is 14.9. The van der Waals surface area contributed by atoms with Gasteiger partial charge in [0.2, 0.25) is 6.10 Å². The van der Waals surface area contributed by atoms with Gasteiger partial charge in [0.25, 0.3) is 11.8 Å². The van der Waals surface area contributed by atoms with Crippen molar-refractivity contribution >= 4 is 34.2 Å². The van der Waals surface area contributed by atoms with E-state index < -0.39 is 30.1 Å². The highest BCUT2D eigenvalue weighted by molar-refractivity contribution is 7.17. The maximum Gasteiger partial charge on any atom is 0.410 e. The standard InChI is InChI=1S/C21H23N3O6S/c1-3-28-21(27)24-9-8-12-15(10-24)31-20(16(12)18(22)25)23-19(26)17-11(2)29-13-6-4-5-7-14(13)30-17/h4-7,11,17H,3,8-10H2,1-2H3,(H2,22,25)(H,23,26). The third-order valence-corrected chi connectivity index (χ3v) is 6.30. The normalized spacial score (nSPS) is 19.4. The van der Waals surface area contributed by atoms with Crippen LogP contribution in [0.4, 0.5) is 9.80 Å². The first-order valence-electron chi connectivity index (χ1n) is 9.98. The smallest absolute Gasteiger partial charge is 0.410 e. The van der Waals surface area contributed by atoms with Crippen LogP contribution in [0.15, 0.2) is 24.3 Å². The highest BCUT2D eigenvalue weighted by atomic mass is 32.1. The van der Waals surface area contributed by atoms with E-state index in [0.717, 1.165) is 10.4 Å². The van der Waals surface area contributed by atoms with Crippen molar-refractivity contribution in [2.24, 2.45) is 5.73 Å². The Kier molecular flexibility index (Phi) is 5.73. The highest BCUT2D eigenvalue weighted by Crippen LogP contribution is 2.38. The number of rotatable bonds is 4. The molecule has 2 aromatic rings. The molecule has 0 spiro atoms. The number of benzene rings is 1. The lowest BCUT2D eigenvalue weighted by Crippen LogP contribution is -2.46. The van der Waals surface area contributed by atoms with Gasteiger partial charge in [0.1, 0.15) is 11.1 Å². The predicted molar refractivity (Wildman–Crippen MR) is 114 cm³/mol. The van der Waals surface area contributed by atoms with Crippen LogP contribution in [0.2, 0.25) is 0 Å². The van der Waals surface area contributed by atoms with Gasteiger partial charge in [-0.15, -0.1) is 11.3 Å². The maximum atomic E-state index is 13.0. The van der Waals surface area contributed by atoms with Crippen LogP contribution in [0, 0.1) is 0 Å². The van der Waals surface area contributed by atoms with Crippen LogP contribution in [0.1, 0.15) is 34.6 Å². The molecule has 2 aliphatic rings. The summed E-state index contributed by atoms with van der Waals surface area (Å²) in [7, 11) is 0. The third-order valence-electron chi connectivity index (χ3n) is 5.17. The minimum absolute atomic E-state index is 0.279. The Morgan fingerprint density at radius 2 is 1.97 bits per heavy atom. The Morgan fingerprint density at radius 3 is 2.65 bits per heavy atom. The summed E-state index contributed by atoms with van der Waals surface area (Å²) in [6, 6.07) is 7.11. The van der Waals surface area contributed by atoms with Crippen molar-refractivity contribution in [3.05, 3.63) is 40.3 Å². The van der Waals surface area contributed by atoms with Gasteiger partial charge >= 0.3 is 6.09 Å². The van der Waals surface area contributed by atoms with Gasteiger partial charge in [0, 0.05) is 11.4 Å². The van der Waals surface area contributed by atoms with Crippen LogP contribution >= 0.6 is 11.3 Å². The number of hydrogen-bond donors (Lipinski definition) is 2. The van der Waals surface area contributed by atoms with E-state index in [-0.39, 0.29) is 12.2 Å². The van der Waals surface area contributed by atoms with E-state index in [2.05, 4.69) is 5.32 Å². The van der Waals surface area contributed by atoms with Crippen LogP contribution in [0.25, 0.3) is 0 Å². The fourth-order valence-electron chi connectivity index (χ4n) is 3.71. The number of thiophene rings is 1. The molecule has 0 saturated carbocycles. The van der Waals surface area contributed by atoms with Crippen LogP contribution in [-0.2, 0) is 22.5 Å². The molecule has 10 heteroatoms. The third kappa shape index (κ3) is 4.02. The number of anilines is 1. The molecule has 2 unspecified atom stereocenters. The number of fused-ring (bicyclic) bond motifs is 2. The Balaban J connectivity index is 1.56. The summed E-state index contributed by atoms with van der Waals surface area (Å²) in [5.41, 5.74) is 6.66. The van der Waals surface area contributed by atoms with Crippen molar-refractivity contribution < 1.29 is 28.6 Å². The molecule has 31 heavy (non-hydrogen) atoms. The molecular formula is C21H23N3O6S. The molecule has 0 radical (unpaired) electrons. The number of primary amides is 1. The topological polar surface area (TPSA) is 120 Å². The molecule has 9 nitrogen and oxygen atoms in total. The molecule has 0 saturated heterocycles. The van der Waals surface area contributed by atoms with Crippen molar-refractivity contribution in [3.8, 4) is 11.5 Å². The average Bonchev–Trinajstić information content (AvgIpc) is 3.10. The lowest BCUT2D eigenvalue weighted by molar-refractivity contribution is -0.127. The van der Waals surface area contributed by atoms with E-state index in [4.69, 9.17) is 19.9 Å². The van der Waals surface area contributed by atoms with Crippen LogP contribution in [0.3, 0.4) is 0 Å². The molecule has 1 aromatic heterocycles. The zero-order valence-electron chi connectivity index (χ0n) is 17.2. The van der Waals surface area contributed by atoms with E-state index in [1.807, 2.05) is 6.07 Å². The zero-order chi connectivity index (χ0) is 22.1. The lowest BCUT2D eigenvalue weighted by atomic mass is 10.0. The molecule has 164 valence electrons. The number of nitrogens with two attached hydrogens (primary N) is 1. The molecule has 2 aliphatic heterocycles. The quantitative estimate of drug-likeness (QED) is 0.746. The second kappa shape index (κ2) is 8.46. The number of carbonyl (C=O) groups is 3. The monoisotopic (exact) mass is 445 g/mol. The SMILES string of the molecule is CCOC(=O)N1CCc2c(sc(NC(=O)C3Oc4ccccc4OC3C)c2C(N)=O)C1. The van der Waals surface area contributed by atoms with Gasteiger partial charge in [-0.05, 0) is 38.0 Å². The summed E-state index contributed by atoms with van der Waals surface area (Å²) in [5, 5.41) is 3.14. The van der Waals surface area contributed by atoms with Gasteiger partial charge in [-0.2, -0.15) is 0 Å². The van der Waals surface area contributed by atoms with Crippen molar-refractivity contribution in [2.45, 2.75) is 39.0 Å². The number of ether oxygens (including phenoxy) is 3. The molecule has 0 aliphatic carbocycles. The van der Waals surface area contributed by atoms with Gasteiger partial charge in [0.05, 0.1) is 18.7 Å². The van der Waals surface area contributed by atoms with Gasteiger partial charge in [0.15, 0.2) is 11.5 Å². The first-order valence-corrected chi connectivity index (χ1v) is 10.8. The van der Waals surface area contributed by atoms with Crippen molar-refractivity contribution in [2.75, 3.05) is 18.5 Å². The Labute approximate surface area is 183 Å². The summed E-state index contributed by atoms with van der Waals surface area (Å²) >= 11 is 1.23. The summed E-state index contributed by atoms with van der Waals surface area (Å²) in [6.07, 6.45) is -1.38. The minimum Gasteiger partial charge on any atom is -0.482 e. The fraction of sp³-hybridized carbons (Fsp3) is 0.381. The molecule has 0 bridgehead atoms. The molecule has 3 amide bonds. The molecule has 1 aromatic carbocycles. The number of hydrogen-bond acceptors (Lipinski definition) is 7. The van der Waals surface area contributed by atoms with Gasteiger partial charge < -0.3 is 30.2 Å². The van der Waals surface area contributed by atoms with E-state index in [1.54, 1.807) is 36.9 Å². The number of amides is 3. The van der Waals surface area contributed by atoms with E-state index in [9.17, 15) is 14.4 Å². The summed E-state index contributed by atoms with van der Waals surface area (Å²) in [5.74, 6) is -0.0177. The van der Waals surface area contributed by atoms with Gasteiger partial charge in [-0.25, -0.2) is 4.79 Å². The van der Waals surface area contributed by atoms with Crippen LogP contribution in [-0.4, -0.2) is 48.2 Å². The molecule has 4 rings (SSSR count).